The molecule has 0 unspecified atom stereocenters. The summed E-state index contributed by atoms with van der Waals surface area (Å²) < 4.78 is 0. The van der Waals surface area contributed by atoms with E-state index in [1.165, 1.54) is 22.3 Å². The minimum atomic E-state index is 0.0459. The molecular formula is C23H24Cl2N4. The van der Waals surface area contributed by atoms with Crippen molar-refractivity contribution in [2.75, 3.05) is 32.0 Å². The summed E-state index contributed by atoms with van der Waals surface area (Å²) in [5, 5.41) is 4.84. The van der Waals surface area contributed by atoms with Gasteiger partial charge < -0.3 is 10.2 Å². The van der Waals surface area contributed by atoms with Crippen LogP contribution in [0, 0.1) is 5.41 Å². The highest BCUT2D eigenvalue weighted by molar-refractivity contribution is 6.42. The van der Waals surface area contributed by atoms with Gasteiger partial charge in [-0.1, -0.05) is 29.3 Å². The Morgan fingerprint density at radius 2 is 1.97 bits per heavy atom. The zero-order chi connectivity index (χ0) is 20.0. The molecule has 0 atom stereocenters. The molecule has 29 heavy (non-hydrogen) atoms. The molecule has 1 aliphatic carbocycles. The van der Waals surface area contributed by atoms with Crippen LogP contribution in [-0.4, -0.2) is 42.4 Å². The number of aromatic nitrogens is 1. The Morgan fingerprint density at radius 1 is 1.17 bits per heavy atom. The summed E-state index contributed by atoms with van der Waals surface area (Å²) in [6, 6.07) is 6.06. The number of nitrogens with zero attached hydrogens (tertiary/aromatic N) is 3. The van der Waals surface area contributed by atoms with Crippen molar-refractivity contribution in [2.45, 2.75) is 25.7 Å². The van der Waals surface area contributed by atoms with Crippen LogP contribution in [0.4, 0.5) is 5.69 Å². The SMILES string of the molecule is CN1CCC2(CC1)Cc1cc(Cl)c(Cl)cc1NC2=NCC1=Cc2cnccc2C1. The highest BCUT2D eigenvalue weighted by Crippen LogP contribution is 2.44. The Morgan fingerprint density at radius 3 is 2.76 bits per heavy atom. The van der Waals surface area contributed by atoms with Crippen LogP contribution < -0.4 is 5.32 Å². The minimum Gasteiger partial charge on any atom is -0.343 e. The lowest BCUT2D eigenvalue weighted by Crippen LogP contribution is -2.49. The van der Waals surface area contributed by atoms with Gasteiger partial charge in [-0.2, -0.15) is 0 Å². The number of benzene rings is 1. The van der Waals surface area contributed by atoms with Crippen molar-refractivity contribution in [2.24, 2.45) is 10.4 Å². The third-order valence-corrected chi connectivity index (χ3v) is 7.26. The first-order chi connectivity index (χ1) is 14.0. The minimum absolute atomic E-state index is 0.0459. The molecule has 3 heterocycles. The van der Waals surface area contributed by atoms with E-state index in [-0.39, 0.29) is 5.41 Å². The standard InChI is InChI=1S/C23H24Cl2N4/c1-29-6-3-23(4-7-29)12-17-10-19(24)20(25)11-21(17)28-22(23)27-13-15-8-16-2-5-26-14-18(16)9-15/h2,5,9-11,14H,3-4,6-8,12-13H2,1H3,(H,27,28). The number of anilines is 1. The molecule has 6 heteroatoms. The maximum Gasteiger partial charge on any atom is 0.108 e. The Balaban J connectivity index is 1.46. The molecule has 1 spiro atoms. The number of nitrogens with one attached hydrogen (secondary N) is 1. The Kier molecular flexibility index (Phi) is 4.89. The molecule has 1 N–H and O–H groups in total. The van der Waals surface area contributed by atoms with Gasteiger partial charge in [0.15, 0.2) is 0 Å². The van der Waals surface area contributed by atoms with E-state index in [9.17, 15) is 0 Å². The number of amidine groups is 1. The summed E-state index contributed by atoms with van der Waals surface area (Å²) in [5.74, 6) is 1.10. The molecule has 3 aliphatic rings. The fourth-order valence-corrected chi connectivity index (χ4v) is 5.10. The van der Waals surface area contributed by atoms with E-state index in [2.05, 4.69) is 34.4 Å². The van der Waals surface area contributed by atoms with Crippen LogP contribution in [0.3, 0.4) is 0 Å². The maximum atomic E-state index is 6.31. The molecule has 1 aromatic heterocycles. The molecule has 1 aromatic carbocycles. The van der Waals surface area contributed by atoms with Crippen LogP contribution in [0.25, 0.3) is 6.08 Å². The third kappa shape index (κ3) is 3.58. The van der Waals surface area contributed by atoms with Crippen molar-refractivity contribution >= 4 is 40.8 Å². The van der Waals surface area contributed by atoms with E-state index in [0.717, 1.165) is 50.3 Å². The van der Waals surface area contributed by atoms with Gasteiger partial charge in [-0.15, -0.1) is 0 Å². The molecule has 2 aromatic rings. The topological polar surface area (TPSA) is 40.5 Å². The second-order valence-electron chi connectivity index (χ2n) is 8.53. The fraction of sp³-hybridized carbons (Fsp3) is 0.391. The molecule has 5 rings (SSSR count). The lowest BCUT2D eigenvalue weighted by Gasteiger charge is -2.45. The van der Waals surface area contributed by atoms with Crippen molar-refractivity contribution in [3.05, 3.63) is 62.9 Å². The van der Waals surface area contributed by atoms with Gasteiger partial charge in [-0.3, -0.25) is 9.98 Å². The number of rotatable bonds is 2. The molecule has 4 nitrogen and oxygen atoms in total. The first-order valence-electron chi connectivity index (χ1n) is 10.1. The van der Waals surface area contributed by atoms with Gasteiger partial charge in [0.25, 0.3) is 0 Å². The number of piperidine rings is 1. The molecule has 0 amide bonds. The maximum absolute atomic E-state index is 6.31. The Bertz CT molecular complexity index is 1020. The fourth-order valence-electron chi connectivity index (χ4n) is 4.75. The van der Waals surface area contributed by atoms with E-state index in [0.29, 0.717) is 16.6 Å². The smallest absolute Gasteiger partial charge is 0.108 e. The third-order valence-electron chi connectivity index (χ3n) is 6.54. The second kappa shape index (κ2) is 7.42. The van der Waals surface area contributed by atoms with E-state index in [1.54, 1.807) is 0 Å². The van der Waals surface area contributed by atoms with Gasteiger partial charge in [-0.05, 0) is 86.3 Å². The number of pyridine rings is 1. The summed E-state index contributed by atoms with van der Waals surface area (Å²) in [6.45, 7) is 2.87. The van der Waals surface area contributed by atoms with Crippen molar-refractivity contribution in [3.63, 3.8) is 0 Å². The van der Waals surface area contributed by atoms with Crippen molar-refractivity contribution < 1.29 is 0 Å². The number of fused-ring (bicyclic) bond motifs is 2. The van der Waals surface area contributed by atoms with E-state index in [4.69, 9.17) is 28.2 Å². The van der Waals surface area contributed by atoms with Crippen LogP contribution in [0.1, 0.15) is 29.5 Å². The van der Waals surface area contributed by atoms with Gasteiger partial charge in [-0.25, -0.2) is 0 Å². The molecule has 1 saturated heterocycles. The molecule has 2 aliphatic heterocycles. The van der Waals surface area contributed by atoms with Crippen LogP contribution >= 0.6 is 23.2 Å². The lowest BCUT2D eigenvalue weighted by atomic mass is 9.70. The average molecular weight is 427 g/mol. The van der Waals surface area contributed by atoms with Crippen LogP contribution in [0.15, 0.2) is 41.2 Å². The monoisotopic (exact) mass is 426 g/mol. The molecule has 0 bridgehead atoms. The molecule has 150 valence electrons. The number of likely N-dealkylation sites (tertiary alicyclic amines) is 1. The predicted octanol–water partition coefficient (Wildman–Crippen LogP) is 5.11. The van der Waals surface area contributed by atoms with Gasteiger partial charge in [0.05, 0.1) is 16.6 Å². The van der Waals surface area contributed by atoms with Gasteiger partial charge in [0.1, 0.15) is 5.84 Å². The van der Waals surface area contributed by atoms with E-state index >= 15 is 0 Å². The predicted molar refractivity (Wildman–Crippen MR) is 121 cm³/mol. The van der Waals surface area contributed by atoms with E-state index in [1.807, 2.05) is 24.5 Å². The number of hydrogen-bond acceptors (Lipinski definition) is 3. The summed E-state index contributed by atoms with van der Waals surface area (Å²) in [4.78, 5) is 11.8. The number of halogens is 2. The zero-order valence-corrected chi connectivity index (χ0v) is 18.0. The zero-order valence-electron chi connectivity index (χ0n) is 16.5. The van der Waals surface area contributed by atoms with Crippen LogP contribution in [0.5, 0.6) is 0 Å². The van der Waals surface area contributed by atoms with Crippen molar-refractivity contribution in [3.8, 4) is 0 Å². The first-order valence-corrected chi connectivity index (χ1v) is 10.9. The largest absolute Gasteiger partial charge is 0.343 e. The molecule has 1 fully saturated rings. The normalized spacial score (nSPS) is 21.6. The number of aliphatic imine (C=N–C) groups is 1. The summed E-state index contributed by atoms with van der Waals surface area (Å²) in [7, 11) is 2.19. The average Bonchev–Trinajstić information content (AvgIpc) is 3.13. The highest BCUT2D eigenvalue weighted by Gasteiger charge is 2.42. The molecule has 0 radical (unpaired) electrons. The highest BCUT2D eigenvalue weighted by atomic mass is 35.5. The molecule has 0 saturated carbocycles. The number of hydrogen-bond donors (Lipinski definition) is 1. The van der Waals surface area contributed by atoms with Crippen LogP contribution in [-0.2, 0) is 12.8 Å². The Hall–Kier alpha value is -1.88. The van der Waals surface area contributed by atoms with Gasteiger partial charge >= 0.3 is 0 Å². The quantitative estimate of drug-likeness (QED) is 0.725. The second-order valence-corrected chi connectivity index (χ2v) is 9.34. The lowest BCUT2D eigenvalue weighted by molar-refractivity contribution is 0.178. The Labute approximate surface area is 181 Å². The van der Waals surface area contributed by atoms with Crippen molar-refractivity contribution in [1.82, 2.24) is 9.88 Å². The van der Waals surface area contributed by atoms with Gasteiger partial charge in [0, 0.05) is 23.5 Å². The summed E-state index contributed by atoms with van der Waals surface area (Å²) in [5.41, 5.74) is 6.22. The first kappa shape index (κ1) is 19.1. The van der Waals surface area contributed by atoms with E-state index < -0.39 is 0 Å². The van der Waals surface area contributed by atoms with Crippen LogP contribution in [0.2, 0.25) is 10.0 Å². The summed E-state index contributed by atoms with van der Waals surface area (Å²) >= 11 is 12.6. The summed E-state index contributed by atoms with van der Waals surface area (Å²) in [6.07, 6.45) is 10.2. The molecular weight excluding hydrogens is 403 g/mol. The van der Waals surface area contributed by atoms with Gasteiger partial charge in [0.2, 0.25) is 0 Å². The van der Waals surface area contributed by atoms with Crippen molar-refractivity contribution in [1.29, 1.82) is 0 Å².